The second kappa shape index (κ2) is 5.91. The van der Waals surface area contributed by atoms with Gasteiger partial charge in [0.1, 0.15) is 0 Å². The van der Waals surface area contributed by atoms with Crippen molar-refractivity contribution in [1.82, 2.24) is 14.5 Å². The van der Waals surface area contributed by atoms with Crippen molar-refractivity contribution < 1.29 is 4.79 Å². The zero-order chi connectivity index (χ0) is 15.6. The molecule has 0 fully saturated rings. The molecule has 0 saturated carbocycles. The van der Waals surface area contributed by atoms with Gasteiger partial charge in [-0.3, -0.25) is 14.2 Å². The third kappa shape index (κ3) is 3.18. The van der Waals surface area contributed by atoms with Crippen molar-refractivity contribution in [3.8, 4) is 0 Å². The minimum atomic E-state index is -0.0356. The monoisotopic (exact) mass is 285 g/mol. The summed E-state index contributed by atoms with van der Waals surface area (Å²) in [7, 11) is 3.44. The minimum absolute atomic E-state index is 0.0315. The van der Waals surface area contributed by atoms with E-state index in [0.717, 1.165) is 11.3 Å². The third-order valence-corrected chi connectivity index (χ3v) is 3.48. The van der Waals surface area contributed by atoms with Crippen molar-refractivity contribution in [3.05, 3.63) is 63.3 Å². The maximum atomic E-state index is 12.1. The molecule has 1 aromatic heterocycles. The first-order chi connectivity index (χ1) is 9.90. The molecular weight excluding hydrogens is 266 g/mol. The summed E-state index contributed by atoms with van der Waals surface area (Å²) >= 11 is 0. The van der Waals surface area contributed by atoms with Gasteiger partial charge in [-0.25, -0.2) is 4.98 Å². The third-order valence-electron chi connectivity index (χ3n) is 3.48. The molecule has 0 radical (unpaired) electrons. The Morgan fingerprint density at radius 2 is 1.81 bits per heavy atom. The van der Waals surface area contributed by atoms with Crippen molar-refractivity contribution >= 4 is 5.91 Å². The summed E-state index contributed by atoms with van der Waals surface area (Å²) in [4.78, 5) is 29.7. The number of hydrogen-bond donors (Lipinski definition) is 0. The van der Waals surface area contributed by atoms with Crippen LogP contribution in [0.3, 0.4) is 0 Å². The number of aryl methyl sites for hydroxylation is 1. The van der Waals surface area contributed by atoms with Crippen LogP contribution in [0.25, 0.3) is 0 Å². The smallest absolute Gasteiger partial charge is 0.256 e. The van der Waals surface area contributed by atoms with Gasteiger partial charge >= 0.3 is 0 Å². The maximum Gasteiger partial charge on any atom is 0.256 e. The average Bonchev–Trinajstić information content (AvgIpc) is 2.48. The van der Waals surface area contributed by atoms with E-state index in [-0.39, 0.29) is 11.5 Å². The number of rotatable bonds is 3. The zero-order valence-corrected chi connectivity index (χ0v) is 12.8. The minimum Gasteiger partial charge on any atom is -0.345 e. The van der Waals surface area contributed by atoms with Gasteiger partial charge in [-0.2, -0.15) is 0 Å². The molecule has 0 bridgehead atoms. The molecule has 0 spiro atoms. The maximum absolute atomic E-state index is 12.1. The summed E-state index contributed by atoms with van der Waals surface area (Å²) in [6, 6.07) is 7.27. The summed E-state index contributed by atoms with van der Waals surface area (Å²) in [5.74, 6) is -0.0356. The van der Waals surface area contributed by atoms with E-state index in [9.17, 15) is 9.59 Å². The van der Waals surface area contributed by atoms with E-state index >= 15 is 0 Å². The highest BCUT2D eigenvalue weighted by Crippen LogP contribution is 2.07. The van der Waals surface area contributed by atoms with E-state index in [4.69, 9.17) is 0 Å². The summed E-state index contributed by atoms with van der Waals surface area (Å²) < 4.78 is 1.57. The molecule has 0 aliphatic carbocycles. The molecule has 0 N–H and O–H groups in total. The predicted molar refractivity (Wildman–Crippen MR) is 81.5 cm³/mol. The van der Waals surface area contributed by atoms with E-state index in [1.165, 1.54) is 4.90 Å². The van der Waals surface area contributed by atoms with E-state index in [2.05, 4.69) is 4.98 Å². The van der Waals surface area contributed by atoms with Gasteiger partial charge in [0.25, 0.3) is 11.5 Å². The first-order valence-corrected chi connectivity index (χ1v) is 6.73. The molecule has 0 saturated heterocycles. The molecule has 2 aromatic rings. The summed E-state index contributed by atoms with van der Waals surface area (Å²) in [5, 5.41) is 0. The van der Waals surface area contributed by atoms with Crippen molar-refractivity contribution in [1.29, 1.82) is 0 Å². The SMILES string of the molecule is Cc1ncn(Cc2ccc(C(=O)N(C)C)cc2)c(=O)c1C. The van der Waals surface area contributed by atoms with E-state index in [0.29, 0.717) is 17.7 Å². The summed E-state index contributed by atoms with van der Waals surface area (Å²) in [6.07, 6.45) is 1.56. The molecule has 110 valence electrons. The standard InChI is InChI=1S/C16H19N3O2/c1-11-12(2)17-10-19(15(11)20)9-13-5-7-14(8-6-13)16(21)18(3)4/h5-8,10H,9H2,1-4H3. The van der Waals surface area contributed by atoms with Gasteiger partial charge in [-0.15, -0.1) is 0 Å². The van der Waals surface area contributed by atoms with Crippen LogP contribution in [0.15, 0.2) is 35.4 Å². The lowest BCUT2D eigenvalue weighted by Gasteiger charge is -2.11. The highest BCUT2D eigenvalue weighted by atomic mass is 16.2. The van der Waals surface area contributed by atoms with Crippen LogP contribution in [-0.4, -0.2) is 34.5 Å². The lowest BCUT2D eigenvalue weighted by atomic mass is 10.1. The molecule has 0 atom stereocenters. The molecule has 5 heteroatoms. The Morgan fingerprint density at radius 3 is 2.38 bits per heavy atom. The lowest BCUT2D eigenvalue weighted by Crippen LogP contribution is -2.24. The normalized spacial score (nSPS) is 10.5. The van der Waals surface area contributed by atoms with Crippen molar-refractivity contribution in [2.75, 3.05) is 14.1 Å². The Hall–Kier alpha value is -2.43. The Bertz CT molecular complexity index is 715. The van der Waals surface area contributed by atoms with E-state index in [1.54, 1.807) is 44.0 Å². The number of hydrogen-bond acceptors (Lipinski definition) is 3. The largest absolute Gasteiger partial charge is 0.345 e. The molecule has 0 unspecified atom stereocenters. The predicted octanol–water partition coefficient (Wildman–Crippen LogP) is 1.61. The van der Waals surface area contributed by atoms with Crippen LogP contribution in [0.2, 0.25) is 0 Å². The number of carbonyl (C=O) groups excluding carboxylic acids is 1. The molecule has 1 heterocycles. The van der Waals surface area contributed by atoms with E-state index < -0.39 is 0 Å². The Morgan fingerprint density at radius 1 is 1.19 bits per heavy atom. The fourth-order valence-corrected chi connectivity index (χ4v) is 2.00. The van der Waals surface area contributed by atoms with Crippen LogP contribution in [0.5, 0.6) is 0 Å². The molecule has 21 heavy (non-hydrogen) atoms. The number of aromatic nitrogens is 2. The number of amides is 1. The van der Waals surface area contributed by atoms with E-state index in [1.807, 2.05) is 19.1 Å². The topological polar surface area (TPSA) is 55.2 Å². The van der Waals surface area contributed by atoms with Gasteiger partial charge in [0.15, 0.2) is 0 Å². The molecule has 1 amide bonds. The molecular formula is C16H19N3O2. The Balaban J connectivity index is 2.24. The molecule has 5 nitrogen and oxygen atoms in total. The number of nitrogens with zero attached hydrogens (tertiary/aromatic N) is 3. The molecule has 0 aliphatic rings. The number of carbonyl (C=O) groups is 1. The Kier molecular flexibility index (Phi) is 4.21. The fourth-order valence-electron chi connectivity index (χ4n) is 2.00. The van der Waals surface area contributed by atoms with Crippen molar-refractivity contribution in [3.63, 3.8) is 0 Å². The van der Waals surface area contributed by atoms with Gasteiger partial charge in [0.05, 0.1) is 12.9 Å². The van der Waals surface area contributed by atoms with Gasteiger partial charge in [0.2, 0.25) is 0 Å². The molecule has 1 aromatic carbocycles. The first-order valence-electron chi connectivity index (χ1n) is 6.73. The van der Waals surface area contributed by atoms with Crippen LogP contribution in [-0.2, 0) is 6.54 Å². The fraction of sp³-hybridized carbons (Fsp3) is 0.312. The van der Waals surface area contributed by atoms with Gasteiger partial charge < -0.3 is 4.90 Å². The van der Waals surface area contributed by atoms with Gasteiger partial charge in [-0.1, -0.05) is 12.1 Å². The van der Waals surface area contributed by atoms with Gasteiger partial charge in [0, 0.05) is 30.9 Å². The van der Waals surface area contributed by atoms with Crippen LogP contribution in [0.4, 0.5) is 0 Å². The lowest BCUT2D eigenvalue weighted by molar-refractivity contribution is 0.0827. The van der Waals surface area contributed by atoms with Crippen molar-refractivity contribution in [2.45, 2.75) is 20.4 Å². The highest BCUT2D eigenvalue weighted by molar-refractivity contribution is 5.93. The zero-order valence-electron chi connectivity index (χ0n) is 12.8. The van der Waals surface area contributed by atoms with Gasteiger partial charge in [-0.05, 0) is 31.5 Å². The van der Waals surface area contributed by atoms with Crippen LogP contribution >= 0.6 is 0 Å². The molecule has 0 aliphatic heterocycles. The highest BCUT2D eigenvalue weighted by Gasteiger charge is 2.08. The number of benzene rings is 1. The van der Waals surface area contributed by atoms with Crippen molar-refractivity contribution in [2.24, 2.45) is 0 Å². The Labute approximate surface area is 123 Å². The quantitative estimate of drug-likeness (QED) is 0.861. The second-order valence-electron chi connectivity index (χ2n) is 5.28. The van der Waals surface area contributed by atoms with Crippen LogP contribution < -0.4 is 5.56 Å². The average molecular weight is 285 g/mol. The molecule has 2 rings (SSSR count). The summed E-state index contributed by atoms with van der Waals surface area (Å²) in [6.45, 7) is 4.05. The first kappa shape index (κ1) is 15.0. The van der Waals surface area contributed by atoms with Crippen LogP contribution in [0.1, 0.15) is 27.2 Å². The van der Waals surface area contributed by atoms with Crippen LogP contribution in [0, 0.1) is 13.8 Å². The second-order valence-corrected chi connectivity index (χ2v) is 5.28. The summed E-state index contributed by atoms with van der Waals surface area (Å²) in [5.41, 5.74) is 2.97.